The highest BCUT2D eigenvalue weighted by molar-refractivity contribution is 6.09. The molecule has 0 radical (unpaired) electrons. The summed E-state index contributed by atoms with van der Waals surface area (Å²) < 4.78 is 13.2. The number of rotatable bonds is 3. The first-order valence-corrected chi connectivity index (χ1v) is 5.88. The smallest absolute Gasteiger partial charge is 0.211 e. The van der Waals surface area contributed by atoms with E-state index in [-0.39, 0.29) is 5.78 Å². The molecule has 0 saturated carbocycles. The monoisotopic (exact) mass is 243 g/mol. The molecule has 92 valence electrons. The van der Waals surface area contributed by atoms with Gasteiger partial charge in [0.1, 0.15) is 11.5 Å². The molecule has 0 N–H and O–H groups in total. The van der Waals surface area contributed by atoms with Crippen LogP contribution in [0.4, 0.5) is 4.39 Å². The Morgan fingerprint density at radius 3 is 2.83 bits per heavy atom. The molecular weight excluding hydrogens is 229 g/mol. The number of carbonyl (C=O) groups excluding carboxylic acids is 1. The lowest BCUT2D eigenvalue weighted by atomic mass is 9.98. The average Bonchev–Trinajstić information content (AvgIpc) is 2.40. The first-order valence-electron chi connectivity index (χ1n) is 5.88. The van der Waals surface area contributed by atoms with Crippen LogP contribution in [0.3, 0.4) is 0 Å². The molecule has 0 fully saturated rings. The van der Waals surface area contributed by atoms with Gasteiger partial charge in [0.2, 0.25) is 5.78 Å². The summed E-state index contributed by atoms with van der Waals surface area (Å²) in [5, 5.41) is 0. The fourth-order valence-corrected chi connectivity index (χ4v) is 1.89. The summed E-state index contributed by atoms with van der Waals surface area (Å²) in [5.74, 6) is -0.623. The van der Waals surface area contributed by atoms with Crippen LogP contribution < -0.4 is 0 Å². The van der Waals surface area contributed by atoms with E-state index in [1.54, 1.807) is 25.3 Å². The van der Waals surface area contributed by atoms with Crippen LogP contribution in [0, 0.1) is 12.7 Å². The van der Waals surface area contributed by atoms with Crippen LogP contribution in [0.1, 0.15) is 34.1 Å². The van der Waals surface area contributed by atoms with Crippen molar-refractivity contribution in [2.75, 3.05) is 0 Å². The zero-order chi connectivity index (χ0) is 13.1. The van der Waals surface area contributed by atoms with E-state index in [1.807, 2.05) is 13.0 Å². The summed E-state index contributed by atoms with van der Waals surface area (Å²) in [4.78, 5) is 16.5. The van der Waals surface area contributed by atoms with Crippen molar-refractivity contribution in [3.05, 3.63) is 64.7 Å². The minimum atomic E-state index is -0.405. The van der Waals surface area contributed by atoms with Crippen LogP contribution in [0.2, 0.25) is 0 Å². The highest BCUT2D eigenvalue weighted by atomic mass is 19.1. The average molecular weight is 243 g/mol. The quantitative estimate of drug-likeness (QED) is 0.774. The van der Waals surface area contributed by atoms with Crippen LogP contribution in [-0.4, -0.2) is 10.8 Å². The van der Waals surface area contributed by atoms with Crippen LogP contribution in [0.5, 0.6) is 0 Å². The van der Waals surface area contributed by atoms with Gasteiger partial charge in [0.05, 0.1) is 0 Å². The third-order valence-electron chi connectivity index (χ3n) is 2.93. The Bertz CT molecular complexity index is 593. The molecule has 0 spiro atoms. The molecule has 0 saturated heterocycles. The molecule has 0 unspecified atom stereocenters. The van der Waals surface area contributed by atoms with Gasteiger partial charge in [0.15, 0.2) is 0 Å². The molecule has 0 atom stereocenters. The topological polar surface area (TPSA) is 30.0 Å². The van der Waals surface area contributed by atoms with Gasteiger partial charge < -0.3 is 0 Å². The van der Waals surface area contributed by atoms with Crippen molar-refractivity contribution in [3.63, 3.8) is 0 Å². The van der Waals surface area contributed by atoms with Crippen molar-refractivity contribution in [1.29, 1.82) is 0 Å². The van der Waals surface area contributed by atoms with Crippen LogP contribution in [-0.2, 0) is 6.42 Å². The first kappa shape index (κ1) is 12.4. The van der Waals surface area contributed by atoms with Crippen LogP contribution >= 0.6 is 0 Å². The number of ketones is 1. The van der Waals surface area contributed by atoms with Crippen molar-refractivity contribution in [2.24, 2.45) is 0 Å². The predicted octanol–water partition coefficient (Wildman–Crippen LogP) is 3.32. The fraction of sp³-hybridized carbons (Fsp3) is 0.200. The zero-order valence-electron chi connectivity index (χ0n) is 10.4. The molecular formula is C15H14FNO. The summed E-state index contributed by atoms with van der Waals surface area (Å²) in [6.45, 7) is 3.76. The summed E-state index contributed by atoms with van der Waals surface area (Å²) in [6.07, 6.45) is 2.31. The largest absolute Gasteiger partial charge is 0.287 e. The molecule has 1 heterocycles. The van der Waals surface area contributed by atoms with Crippen molar-refractivity contribution in [2.45, 2.75) is 20.3 Å². The summed E-state index contributed by atoms with van der Waals surface area (Å²) >= 11 is 0. The lowest BCUT2D eigenvalue weighted by Crippen LogP contribution is -2.09. The van der Waals surface area contributed by atoms with Gasteiger partial charge in [-0.05, 0) is 42.7 Å². The number of aryl methyl sites for hydroxylation is 2. The van der Waals surface area contributed by atoms with Crippen LogP contribution in [0.15, 0.2) is 36.5 Å². The fourth-order valence-electron chi connectivity index (χ4n) is 1.89. The van der Waals surface area contributed by atoms with Crippen molar-refractivity contribution in [1.82, 2.24) is 4.98 Å². The van der Waals surface area contributed by atoms with Gasteiger partial charge in [-0.3, -0.25) is 9.78 Å². The Labute approximate surface area is 105 Å². The van der Waals surface area contributed by atoms with Crippen molar-refractivity contribution in [3.8, 4) is 0 Å². The third kappa shape index (κ3) is 2.30. The molecule has 2 aromatic rings. The van der Waals surface area contributed by atoms with E-state index in [4.69, 9.17) is 0 Å². The maximum atomic E-state index is 13.2. The normalized spacial score (nSPS) is 10.4. The standard InChI is InChI=1S/C15H14FNO/c1-3-11-5-4-8-17-14(11)15(18)13-9-12(16)7-6-10(13)2/h4-9H,3H2,1-2H3. The number of carbonyl (C=O) groups is 1. The molecule has 0 bridgehead atoms. The highest BCUT2D eigenvalue weighted by Crippen LogP contribution is 2.17. The molecule has 0 aliphatic heterocycles. The maximum Gasteiger partial charge on any atom is 0.211 e. The summed E-state index contributed by atoms with van der Waals surface area (Å²) in [5.41, 5.74) is 2.43. The zero-order valence-corrected chi connectivity index (χ0v) is 10.4. The number of pyridine rings is 1. The predicted molar refractivity (Wildman–Crippen MR) is 68.2 cm³/mol. The number of benzene rings is 1. The minimum Gasteiger partial charge on any atom is -0.287 e. The van der Waals surface area contributed by atoms with E-state index < -0.39 is 5.82 Å². The van der Waals surface area contributed by atoms with Gasteiger partial charge in [0.25, 0.3) is 0 Å². The third-order valence-corrected chi connectivity index (χ3v) is 2.93. The summed E-state index contributed by atoms with van der Waals surface area (Å²) in [6, 6.07) is 7.90. The van der Waals surface area contributed by atoms with E-state index in [2.05, 4.69) is 4.98 Å². The molecule has 2 rings (SSSR count). The van der Waals surface area contributed by atoms with Gasteiger partial charge >= 0.3 is 0 Å². The number of halogens is 1. The second kappa shape index (κ2) is 5.08. The Morgan fingerprint density at radius 1 is 1.33 bits per heavy atom. The molecule has 0 amide bonds. The molecule has 2 nitrogen and oxygen atoms in total. The maximum absolute atomic E-state index is 13.2. The van der Waals surface area contributed by atoms with Gasteiger partial charge in [-0.15, -0.1) is 0 Å². The lowest BCUT2D eigenvalue weighted by Gasteiger charge is -2.08. The molecule has 3 heteroatoms. The Hall–Kier alpha value is -2.03. The number of hydrogen-bond donors (Lipinski definition) is 0. The Kier molecular flexibility index (Phi) is 3.51. The van der Waals surface area contributed by atoms with E-state index in [9.17, 15) is 9.18 Å². The van der Waals surface area contributed by atoms with Gasteiger partial charge in [0, 0.05) is 11.8 Å². The minimum absolute atomic E-state index is 0.218. The second-order valence-corrected chi connectivity index (χ2v) is 4.15. The lowest BCUT2D eigenvalue weighted by molar-refractivity contribution is 0.103. The Morgan fingerprint density at radius 2 is 2.11 bits per heavy atom. The highest BCUT2D eigenvalue weighted by Gasteiger charge is 2.16. The number of hydrogen-bond acceptors (Lipinski definition) is 2. The second-order valence-electron chi connectivity index (χ2n) is 4.15. The van der Waals surface area contributed by atoms with E-state index in [1.165, 1.54) is 12.1 Å². The molecule has 18 heavy (non-hydrogen) atoms. The van der Waals surface area contributed by atoms with Crippen LogP contribution in [0.25, 0.3) is 0 Å². The molecule has 1 aromatic carbocycles. The Balaban J connectivity index is 2.51. The summed E-state index contributed by atoms with van der Waals surface area (Å²) in [7, 11) is 0. The van der Waals surface area contributed by atoms with Gasteiger partial charge in [-0.25, -0.2) is 4.39 Å². The van der Waals surface area contributed by atoms with Crippen molar-refractivity contribution < 1.29 is 9.18 Å². The first-order chi connectivity index (χ1) is 8.63. The van der Waals surface area contributed by atoms with E-state index >= 15 is 0 Å². The molecule has 0 aliphatic carbocycles. The van der Waals surface area contributed by atoms with Crippen molar-refractivity contribution >= 4 is 5.78 Å². The molecule has 1 aromatic heterocycles. The number of aromatic nitrogens is 1. The van der Waals surface area contributed by atoms with E-state index in [0.29, 0.717) is 11.3 Å². The molecule has 0 aliphatic rings. The number of nitrogens with zero attached hydrogens (tertiary/aromatic N) is 1. The van der Waals surface area contributed by atoms with Gasteiger partial charge in [-0.1, -0.05) is 19.1 Å². The SMILES string of the molecule is CCc1cccnc1C(=O)c1cc(F)ccc1C. The van der Waals surface area contributed by atoms with Gasteiger partial charge in [-0.2, -0.15) is 0 Å². The van der Waals surface area contributed by atoms with E-state index in [0.717, 1.165) is 17.5 Å².